The second-order valence-electron chi connectivity index (χ2n) is 5.20. The first-order valence-corrected chi connectivity index (χ1v) is 9.15. The van der Waals surface area contributed by atoms with Gasteiger partial charge in [0.15, 0.2) is 12.1 Å². The Balaban J connectivity index is 0.00000204. The highest BCUT2D eigenvalue weighted by molar-refractivity contribution is 6.31. The summed E-state index contributed by atoms with van der Waals surface area (Å²) in [6.45, 7) is 5.84. The average molecular weight is 424 g/mol. The Morgan fingerprint density at radius 1 is 1.45 bits per heavy atom. The van der Waals surface area contributed by atoms with Crippen LogP contribution in [0.15, 0.2) is 48.4 Å². The van der Waals surface area contributed by atoms with Crippen LogP contribution >= 0.6 is 11.6 Å². The average Bonchev–Trinajstić information content (AvgIpc) is 3.17. The van der Waals surface area contributed by atoms with Crippen molar-refractivity contribution in [3.63, 3.8) is 0 Å². The zero-order valence-electron chi connectivity index (χ0n) is 16.6. The third kappa shape index (κ3) is 7.04. The van der Waals surface area contributed by atoms with Gasteiger partial charge in [-0.05, 0) is 19.1 Å². The predicted molar refractivity (Wildman–Crippen MR) is 111 cm³/mol. The Labute approximate surface area is 173 Å². The second-order valence-corrected chi connectivity index (χ2v) is 5.60. The molecule has 2 N–H and O–H groups in total. The molecular weight excluding hydrogens is 401 g/mol. The van der Waals surface area contributed by atoms with Crippen molar-refractivity contribution in [3.8, 4) is 0 Å². The monoisotopic (exact) mass is 423 g/mol. The van der Waals surface area contributed by atoms with Crippen molar-refractivity contribution >= 4 is 23.1 Å². The van der Waals surface area contributed by atoms with Gasteiger partial charge in [-0.3, -0.25) is 15.2 Å². The molecule has 2 rings (SSSR count). The maximum atomic E-state index is 13.8. The van der Waals surface area contributed by atoms with Crippen LogP contribution in [0.5, 0.6) is 0 Å². The second kappa shape index (κ2) is 12.3. The molecule has 156 valence electrons. The zero-order chi connectivity index (χ0) is 21.8. The minimum Gasteiger partial charge on any atom is -0.497 e. The van der Waals surface area contributed by atoms with Gasteiger partial charge in [-0.1, -0.05) is 43.7 Å². The summed E-state index contributed by atoms with van der Waals surface area (Å²) in [7, 11) is 1.32. The minimum atomic E-state index is -0.581. The molecule has 1 aromatic heterocycles. The van der Waals surface area contributed by atoms with Crippen molar-refractivity contribution in [2.24, 2.45) is 0 Å². The number of nitrogens with one attached hydrogen (secondary N) is 2. The third-order valence-corrected chi connectivity index (χ3v) is 3.70. The highest BCUT2D eigenvalue weighted by Crippen LogP contribution is 2.20. The number of hydrogen-bond acceptors (Lipinski definition) is 6. The van der Waals surface area contributed by atoms with Gasteiger partial charge in [0.1, 0.15) is 5.82 Å². The van der Waals surface area contributed by atoms with Crippen molar-refractivity contribution in [2.75, 3.05) is 12.4 Å². The van der Waals surface area contributed by atoms with E-state index >= 15 is 0 Å². The highest BCUT2D eigenvalue weighted by Gasteiger charge is 2.14. The standard InChI is InChI=1S/C17H17ClFN5O3.C2H6/c1-3-5-11(8-12(10-27-2)24(25)26)16-21-17(23-22-16)20-9-13-14(18)6-4-7-15(13)19;1-2/h3-8,10H,9H2,1-2H3,(H2,20,21,22,23);1-2H3/b5-3-,11-8+,12-10-;. The Morgan fingerprint density at radius 3 is 2.76 bits per heavy atom. The summed E-state index contributed by atoms with van der Waals surface area (Å²) in [5, 5.41) is 20.9. The molecule has 0 aliphatic rings. The van der Waals surface area contributed by atoms with Crippen molar-refractivity contribution < 1.29 is 14.1 Å². The summed E-state index contributed by atoms with van der Waals surface area (Å²) in [4.78, 5) is 14.7. The molecule has 0 spiro atoms. The number of halogens is 2. The fourth-order valence-electron chi connectivity index (χ4n) is 2.12. The van der Waals surface area contributed by atoms with Gasteiger partial charge in [-0.25, -0.2) is 4.39 Å². The number of rotatable bonds is 8. The fraction of sp³-hybridized carbons (Fsp3) is 0.263. The van der Waals surface area contributed by atoms with Crippen LogP contribution in [0.1, 0.15) is 32.2 Å². The van der Waals surface area contributed by atoms with Crippen molar-refractivity contribution in [1.29, 1.82) is 0 Å². The molecule has 0 aliphatic carbocycles. The number of aromatic nitrogens is 3. The smallest absolute Gasteiger partial charge is 0.304 e. The first-order valence-electron chi connectivity index (χ1n) is 8.77. The Kier molecular flexibility index (Phi) is 10.1. The normalized spacial score (nSPS) is 11.8. The summed E-state index contributed by atoms with van der Waals surface area (Å²) in [5.74, 6) is 0.0396. The van der Waals surface area contributed by atoms with E-state index in [1.54, 1.807) is 25.1 Å². The molecule has 0 amide bonds. The van der Waals surface area contributed by atoms with Gasteiger partial charge in [0.05, 0.1) is 12.0 Å². The van der Waals surface area contributed by atoms with Crippen molar-refractivity contribution in [2.45, 2.75) is 27.3 Å². The van der Waals surface area contributed by atoms with Crippen LogP contribution in [0.2, 0.25) is 5.02 Å². The number of H-pyrrole nitrogens is 1. The lowest BCUT2D eigenvalue weighted by Gasteiger charge is -2.05. The summed E-state index contributed by atoms with van der Waals surface area (Å²) in [5.41, 5.74) is 0.449. The number of benzene rings is 1. The van der Waals surface area contributed by atoms with E-state index in [-0.39, 0.29) is 28.8 Å². The molecule has 29 heavy (non-hydrogen) atoms. The lowest BCUT2D eigenvalue weighted by atomic mass is 10.2. The minimum absolute atomic E-state index is 0.0786. The lowest BCUT2D eigenvalue weighted by molar-refractivity contribution is -0.420. The molecule has 1 aromatic carbocycles. The van der Waals surface area contributed by atoms with Crippen LogP contribution in [-0.2, 0) is 11.3 Å². The van der Waals surface area contributed by atoms with Crippen LogP contribution in [0.4, 0.5) is 10.3 Å². The summed E-state index contributed by atoms with van der Waals surface area (Å²) in [6.07, 6.45) is 5.64. The number of anilines is 1. The van der Waals surface area contributed by atoms with E-state index in [1.165, 1.54) is 25.3 Å². The van der Waals surface area contributed by atoms with E-state index < -0.39 is 10.7 Å². The molecule has 0 saturated heterocycles. The molecule has 0 radical (unpaired) electrons. The van der Waals surface area contributed by atoms with Gasteiger partial charge < -0.3 is 10.1 Å². The molecular formula is C19H23ClFN5O3. The Bertz CT molecular complexity index is 889. The van der Waals surface area contributed by atoms with E-state index in [2.05, 4.69) is 20.5 Å². The predicted octanol–water partition coefficient (Wildman–Crippen LogP) is 4.96. The van der Waals surface area contributed by atoms with Gasteiger partial charge in [-0.2, -0.15) is 4.98 Å². The Hall–Kier alpha value is -3.20. The number of methoxy groups -OCH3 is 1. The molecule has 1 heterocycles. The quantitative estimate of drug-likeness (QED) is 0.269. The van der Waals surface area contributed by atoms with E-state index in [0.29, 0.717) is 11.4 Å². The maximum absolute atomic E-state index is 13.8. The number of nitrogens with zero attached hydrogens (tertiary/aromatic N) is 3. The molecule has 8 nitrogen and oxygen atoms in total. The van der Waals surface area contributed by atoms with E-state index in [1.807, 2.05) is 13.8 Å². The van der Waals surface area contributed by atoms with E-state index in [0.717, 1.165) is 6.26 Å². The van der Waals surface area contributed by atoms with Crippen LogP contribution in [0.3, 0.4) is 0 Å². The topological polar surface area (TPSA) is 106 Å². The number of allylic oxidation sites excluding steroid dienone is 4. The first-order chi connectivity index (χ1) is 14.0. The lowest BCUT2D eigenvalue weighted by Crippen LogP contribution is -2.04. The fourth-order valence-corrected chi connectivity index (χ4v) is 2.35. The number of ether oxygens (including phenoxy) is 1. The molecule has 0 fully saturated rings. The van der Waals surface area contributed by atoms with Crippen LogP contribution in [0.25, 0.3) is 5.57 Å². The molecule has 0 saturated carbocycles. The number of nitro groups is 1. The molecule has 0 aliphatic heterocycles. The van der Waals surface area contributed by atoms with Crippen LogP contribution in [0, 0.1) is 15.9 Å². The number of hydrogen-bond donors (Lipinski definition) is 2. The SMILES string of the molecule is CC.C\C=C/C(=C\C(=C\OC)[N+](=O)[O-])c1nc(NCc2c(F)cccc2Cl)n[nH]1. The summed E-state index contributed by atoms with van der Waals surface area (Å²) in [6, 6.07) is 4.40. The molecule has 0 unspecified atom stereocenters. The van der Waals surface area contributed by atoms with Gasteiger partial charge in [0.25, 0.3) is 0 Å². The zero-order valence-corrected chi connectivity index (χ0v) is 17.3. The number of aromatic amines is 1. The Morgan fingerprint density at radius 2 is 2.17 bits per heavy atom. The van der Waals surface area contributed by atoms with Gasteiger partial charge >= 0.3 is 5.70 Å². The molecule has 0 bridgehead atoms. The molecule has 10 heteroatoms. The maximum Gasteiger partial charge on any atom is 0.304 e. The largest absolute Gasteiger partial charge is 0.497 e. The van der Waals surface area contributed by atoms with Gasteiger partial charge in [0, 0.05) is 28.8 Å². The van der Waals surface area contributed by atoms with Crippen LogP contribution < -0.4 is 5.32 Å². The molecule has 0 atom stereocenters. The molecule has 2 aromatic rings. The first kappa shape index (κ1) is 23.8. The van der Waals surface area contributed by atoms with Crippen molar-refractivity contribution in [1.82, 2.24) is 15.2 Å². The van der Waals surface area contributed by atoms with Gasteiger partial charge in [0.2, 0.25) is 5.95 Å². The third-order valence-electron chi connectivity index (χ3n) is 3.34. The highest BCUT2D eigenvalue weighted by atomic mass is 35.5. The van der Waals surface area contributed by atoms with Gasteiger partial charge in [-0.15, -0.1) is 5.10 Å². The van der Waals surface area contributed by atoms with E-state index in [9.17, 15) is 14.5 Å². The van der Waals surface area contributed by atoms with Crippen LogP contribution in [-0.4, -0.2) is 27.2 Å². The van der Waals surface area contributed by atoms with E-state index in [4.69, 9.17) is 16.3 Å². The summed E-state index contributed by atoms with van der Waals surface area (Å²) < 4.78 is 18.5. The summed E-state index contributed by atoms with van der Waals surface area (Å²) >= 11 is 5.98. The van der Waals surface area contributed by atoms with Crippen molar-refractivity contribution in [3.05, 3.63) is 80.7 Å².